The Labute approximate surface area is 105 Å². The second kappa shape index (κ2) is 5.80. The third-order valence-corrected chi connectivity index (χ3v) is 3.89. The highest BCUT2D eigenvalue weighted by Crippen LogP contribution is 2.18. The van der Waals surface area contributed by atoms with Crippen molar-refractivity contribution >= 4 is 25.8 Å². The largest absolute Gasteiger partial charge is 0.324 e. The lowest BCUT2D eigenvalue weighted by Crippen LogP contribution is -2.12. The zero-order valence-corrected chi connectivity index (χ0v) is 11.6. The first-order valence-corrected chi connectivity index (χ1v) is 7.92. The molecule has 3 nitrogen and oxygen atoms in total. The molecule has 5 heteroatoms. The zero-order valence-electron chi connectivity index (χ0n) is 9.19. The van der Waals surface area contributed by atoms with Crippen molar-refractivity contribution in [1.29, 1.82) is 0 Å². The summed E-state index contributed by atoms with van der Waals surface area (Å²) in [4.78, 5) is 0. The van der Waals surface area contributed by atoms with Crippen LogP contribution < -0.4 is 5.73 Å². The van der Waals surface area contributed by atoms with Gasteiger partial charge in [0.2, 0.25) is 0 Å². The van der Waals surface area contributed by atoms with Crippen LogP contribution in [0.3, 0.4) is 0 Å². The van der Waals surface area contributed by atoms with Gasteiger partial charge in [0.15, 0.2) is 0 Å². The third-order valence-electron chi connectivity index (χ3n) is 2.33. The first kappa shape index (κ1) is 13.7. The monoisotopic (exact) mass is 305 g/mol. The zero-order chi connectivity index (χ0) is 12.2. The lowest BCUT2D eigenvalue weighted by molar-refractivity contribution is 0.588. The fraction of sp³-hybridized carbons (Fsp3) is 0.455. The van der Waals surface area contributed by atoms with Gasteiger partial charge in [0.1, 0.15) is 9.84 Å². The molecule has 0 aliphatic carbocycles. The van der Waals surface area contributed by atoms with Crippen LogP contribution in [0.25, 0.3) is 0 Å². The summed E-state index contributed by atoms with van der Waals surface area (Å²) in [5, 5.41) is 0. The summed E-state index contributed by atoms with van der Waals surface area (Å²) in [5.74, 6) is 0.206. The molecule has 0 aromatic heterocycles. The van der Waals surface area contributed by atoms with Gasteiger partial charge in [-0.15, -0.1) is 0 Å². The number of rotatable bonds is 5. The van der Waals surface area contributed by atoms with Crippen molar-refractivity contribution in [1.82, 2.24) is 0 Å². The Morgan fingerprint density at radius 1 is 1.31 bits per heavy atom. The van der Waals surface area contributed by atoms with Crippen molar-refractivity contribution in [2.75, 3.05) is 12.0 Å². The minimum Gasteiger partial charge on any atom is -0.324 e. The van der Waals surface area contributed by atoms with Gasteiger partial charge in [-0.1, -0.05) is 28.1 Å². The molecule has 0 saturated carbocycles. The van der Waals surface area contributed by atoms with Crippen molar-refractivity contribution in [3.63, 3.8) is 0 Å². The van der Waals surface area contributed by atoms with Gasteiger partial charge in [0, 0.05) is 22.5 Å². The van der Waals surface area contributed by atoms with E-state index in [1.807, 2.05) is 24.3 Å². The molecule has 1 aromatic carbocycles. The maximum Gasteiger partial charge on any atom is 0.147 e. The Bertz CT molecular complexity index is 428. The van der Waals surface area contributed by atoms with E-state index < -0.39 is 9.84 Å². The molecule has 0 aliphatic rings. The first-order chi connectivity index (χ1) is 7.38. The van der Waals surface area contributed by atoms with E-state index >= 15 is 0 Å². The normalized spacial score (nSPS) is 13.7. The summed E-state index contributed by atoms with van der Waals surface area (Å²) in [5.41, 5.74) is 7.00. The molecule has 0 bridgehead atoms. The minimum atomic E-state index is -2.87. The van der Waals surface area contributed by atoms with Crippen LogP contribution in [0, 0.1) is 0 Å². The molecule has 0 heterocycles. The number of benzene rings is 1. The van der Waals surface area contributed by atoms with Gasteiger partial charge in [0.25, 0.3) is 0 Å². The summed E-state index contributed by atoms with van der Waals surface area (Å²) in [6, 6.07) is 7.69. The van der Waals surface area contributed by atoms with Gasteiger partial charge in [-0.25, -0.2) is 8.42 Å². The Morgan fingerprint density at radius 2 is 1.88 bits per heavy atom. The summed E-state index contributed by atoms with van der Waals surface area (Å²) < 4.78 is 22.9. The van der Waals surface area contributed by atoms with E-state index in [2.05, 4.69) is 15.9 Å². The molecule has 2 N–H and O–H groups in total. The van der Waals surface area contributed by atoms with Gasteiger partial charge < -0.3 is 5.73 Å². The fourth-order valence-electron chi connectivity index (χ4n) is 1.44. The SMILES string of the molecule is CS(=O)(=O)CCCC(N)c1ccc(Br)cc1. The van der Waals surface area contributed by atoms with Crippen molar-refractivity contribution in [3.8, 4) is 0 Å². The predicted molar refractivity (Wildman–Crippen MR) is 70.0 cm³/mol. The maximum absolute atomic E-state index is 10.9. The Morgan fingerprint density at radius 3 is 2.38 bits per heavy atom. The molecule has 1 aromatic rings. The quantitative estimate of drug-likeness (QED) is 0.908. The standard InChI is InChI=1S/C11H16BrNO2S/c1-16(14,15)8-2-3-11(13)9-4-6-10(12)7-5-9/h4-7,11H,2-3,8,13H2,1H3. The first-order valence-electron chi connectivity index (χ1n) is 5.07. The number of hydrogen-bond donors (Lipinski definition) is 1. The lowest BCUT2D eigenvalue weighted by atomic mass is 10.0. The predicted octanol–water partition coefficient (Wildman–Crippen LogP) is 2.27. The number of halogens is 1. The molecule has 0 spiro atoms. The van der Waals surface area contributed by atoms with Crippen molar-refractivity contribution < 1.29 is 8.42 Å². The summed E-state index contributed by atoms with van der Waals surface area (Å²) in [7, 11) is -2.87. The summed E-state index contributed by atoms with van der Waals surface area (Å²) >= 11 is 3.35. The van der Waals surface area contributed by atoms with E-state index in [1.54, 1.807) is 0 Å². The van der Waals surface area contributed by atoms with Crippen LogP contribution in [0.1, 0.15) is 24.4 Å². The van der Waals surface area contributed by atoms with E-state index in [1.165, 1.54) is 6.26 Å². The number of nitrogens with two attached hydrogens (primary N) is 1. The molecular weight excluding hydrogens is 290 g/mol. The van der Waals surface area contributed by atoms with Crippen molar-refractivity contribution in [3.05, 3.63) is 34.3 Å². The van der Waals surface area contributed by atoms with Gasteiger partial charge in [0.05, 0.1) is 0 Å². The van der Waals surface area contributed by atoms with E-state index in [9.17, 15) is 8.42 Å². The highest BCUT2D eigenvalue weighted by Gasteiger charge is 2.08. The molecule has 1 unspecified atom stereocenters. The minimum absolute atomic E-state index is 0.0881. The topological polar surface area (TPSA) is 60.2 Å². The third kappa shape index (κ3) is 5.09. The highest BCUT2D eigenvalue weighted by atomic mass is 79.9. The van der Waals surface area contributed by atoms with E-state index in [-0.39, 0.29) is 11.8 Å². The van der Waals surface area contributed by atoms with Crippen LogP contribution in [0.4, 0.5) is 0 Å². The Balaban J connectivity index is 2.47. The lowest BCUT2D eigenvalue weighted by Gasteiger charge is -2.11. The molecule has 0 amide bonds. The second-order valence-electron chi connectivity index (χ2n) is 3.93. The molecule has 0 aliphatic heterocycles. The molecule has 0 fully saturated rings. The van der Waals surface area contributed by atoms with E-state index in [0.29, 0.717) is 12.8 Å². The molecular formula is C11H16BrNO2S. The van der Waals surface area contributed by atoms with Crippen molar-refractivity contribution in [2.24, 2.45) is 5.73 Å². The molecule has 0 saturated heterocycles. The molecule has 1 atom stereocenters. The number of hydrogen-bond acceptors (Lipinski definition) is 3. The van der Waals surface area contributed by atoms with Gasteiger partial charge in [-0.3, -0.25) is 0 Å². The molecule has 16 heavy (non-hydrogen) atoms. The number of sulfone groups is 1. The van der Waals surface area contributed by atoms with Gasteiger partial charge in [-0.05, 0) is 30.5 Å². The molecule has 1 rings (SSSR count). The Hall–Kier alpha value is -0.390. The highest BCUT2D eigenvalue weighted by molar-refractivity contribution is 9.10. The smallest absolute Gasteiger partial charge is 0.147 e. The van der Waals surface area contributed by atoms with Crippen molar-refractivity contribution in [2.45, 2.75) is 18.9 Å². The van der Waals surface area contributed by atoms with Crippen LogP contribution in [0.2, 0.25) is 0 Å². The van der Waals surface area contributed by atoms with Crippen LogP contribution in [0.5, 0.6) is 0 Å². The van der Waals surface area contributed by atoms with Crippen LogP contribution in [0.15, 0.2) is 28.7 Å². The summed E-state index contributed by atoms with van der Waals surface area (Å²) in [6.45, 7) is 0. The van der Waals surface area contributed by atoms with Gasteiger partial charge in [-0.2, -0.15) is 0 Å². The maximum atomic E-state index is 10.9. The average molecular weight is 306 g/mol. The fourth-order valence-corrected chi connectivity index (χ4v) is 2.40. The molecule has 90 valence electrons. The van der Waals surface area contributed by atoms with Crippen LogP contribution in [-0.2, 0) is 9.84 Å². The van der Waals surface area contributed by atoms with Gasteiger partial charge >= 0.3 is 0 Å². The average Bonchev–Trinajstić information content (AvgIpc) is 2.16. The van der Waals surface area contributed by atoms with Crippen LogP contribution >= 0.6 is 15.9 Å². The van der Waals surface area contributed by atoms with E-state index in [0.717, 1.165) is 10.0 Å². The van der Waals surface area contributed by atoms with E-state index in [4.69, 9.17) is 5.73 Å². The van der Waals surface area contributed by atoms with Crippen LogP contribution in [-0.4, -0.2) is 20.4 Å². The summed E-state index contributed by atoms with van der Waals surface area (Å²) in [6.07, 6.45) is 2.54. The second-order valence-corrected chi connectivity index (χ2v) is 7.11. The molecule has 0 radical (unpaired) electrons. The Kier molecular flexibility index (Phi) is 4.95.